The van der Waals surface area contributed by atoms with Crippen LogP contribution < -0.4 is 25.8 Å². The van der Waals surface area contributed by atoms with E-state index in [9.17, 15) is 9.59 Å². The van der Waals surface area contributed by atoms with Crippen molar-refractivity contribution in [1.29, 1.82) is 0 Å². The Kier molecular flexibility index (Phi) is 7.72. The fourth-order valence-electron chi connectivity index (χ4n) is 5.35. The number of ether oxygens (including phenoxy) is 2. The molecular formula is C31H33N5O4. The summed E-state index contributed by atoms with van der Waals surface area (Å²) in [5.74, 6) is 1.38. The lowest BCUT2D eigenvalue weighted by molar-refractivity contribution is -0.133. The van der Waals surface area contributed by atoms with Crippen LogP contribution in [-0.4, -0.2) is 42.5 Å². The zero-order chi connectivity index (χ0) is 28.2. The monoisotopic (exact) mass is 539 g/mol. The van der Waals surface area contributed by atoms with Crippen molar-refractivity contribution in [1.82, 2.24) is 9.88 Å². The average Bonchev–Trinajstić information content (AvgIpc) is 3.45. The second-order valence-electron chi connectivity index (χ2n) is 9.82. The van der Waals surface area contributed by atoms with E-state index in [0.29, 0.717) is 29.5 Å². The van der Waals surface area contributed by atoms with Crippen LogP contribution in [-0.2, 0) is 9.59 Å². The van der Waals surface area contributed by atoms with Gasteiger partial charge >= 0.3 is 0 Å². The van der Waals surface area contributed by atoms with E-state index in [2.05, 4.69) is 15.6 Å². The Morgan fingerprint density at radius 1 is 1.00 bits per heavy atom. The molecule has 2 atom stereocenters. The molecule has 1 aliphatic rings. The van der Waals surface area contributed by atoms with E-state index >= 15 is 0 Å². The number of aromatic nitrogens is 1. The normalized spacial score (nSPS) is 15.5. The largest absolute Gasteiger partial charge is 0.493 e. The lowest BCUT2D eigenvalue weighted by Gasteiger charge is -2.31. The van der Waals surface area contributed by atoms with Crippen molar-refractivity contribution in [3.8, 4) is 11.5 Å². The smallest absolute Gasteiger partial charge is 0.250 e. The predicted octanol–water partition coefficient (Wildman–Crippen LogP) is 5.31. The number of hydrogen-bond donors (Lipinski definition) is 3. The van der Waals surface area contributed by atoms with Crippen LogP contribution in [0.15, 0.2) is 72.9 Å². The van der Waals surface area contributed by atoms with E-state index in [0.717, 1.165) is 40.4 Å². The topological polar surface area (TPSA) is 119 Å². The fraction of sp³-hybridized carbons (Fsp3) is 0.258. The van der Waals surface area contributed by atoms with Crippen LogP contribution in [0.5, 0.6) is 11.5 Å². The molecule has 4 N–H and O–H groups in total. The minimum Gasteiger partial charge on any atom is -0.493 e. The van der Waals surface area contributed by atoms with Gasteiger partial charge in [-0.25, -0.2) is 4.98 Å². The second-order valence-corrected chi connectivity index (χ2v) is 9.82. The SMILES string of the molecule is COc1ccc(C(Nc2ccc3c(N)nccc3c2)C(=O)N2CCCC2c2cccc(NC(C)=O)c2)cc1OC. The molecule has 4 aromatic rings. The minimum atomic E-state index is -0.699. The molecule has 1 saturated heterocycles. The van der Waals surface area contributed by atoms with Gasteiger partial charge in [0, 0.05) is 36.4 Å². The Bertz CT molecular complexity index is 1560. The molecule has 40 heavy (non-hydrogen) atoms. The first-order valence-corrected chi connectivity index (χ1v) is 13.2. The Morgan fingerprint density at radius 2 is 1.82 bits per heavy atom. The lowest BCUT2D eigenvalue weighted by Crippen LogP contribution is -2.37. The van der Waals surface area contributed by atoms with Crippen LogP contribution in [0.25, 0.3) is 10.8 Å². The molecule has 2 unspecified atom stereocenters. The summed E-state index contributed by atoms with van der Waals surface area (Å²) in [7, 11) is 3.16. The number of nitrogens with two attached hydrogens (primary N) is 1. The highest BCUT2D eigenvalue weighted by atomic mass is 16.5. The van der Waals surface area contributed by atoms with E-state index in [1.165, 1.54) is 6.92 Å². The number of amides is 2. The zero-order valence-corrected chi connectivity index (χ0v) is 22.8. The van der Waals surface area contributed by atoms with Gasteiger partial charge in [0.2, 0.25) is 11.8 Å². The molecule has 9 heteroatoms. The number of carbonyl (C=O) groups is 2. The summed E-state index contributed by atoms with van der Waals surface area (Å²) in [6.07, 6.45) is 3.38. The molecule has 0 aliphatic carbocycles. The summed E-state index contributed by atoms with van der Waals surface area (Å²) in [5, 5.41) is 8.09. The van der Waals surface area contributed by atoms with E-state index in [4.69, 9.17) is 15.2 Å². The third-order valence-electron chi connectivity index (χ3n) is 7.22. The number of benzene rings is 3. The van der Waals surface area contributed by atoms with Crippen molar-refractivity contribution in [3.63, 3.8) is 0 Å². The molecule has 9 nitrogen and oxygen atoms in total. The zero-order valence-electron chi connectivity index (χ0n) is 22.8. The minimum absolute atomic E-state index is 0.0611. The summed E-state index contributed by atoms with van der Waals surface area (Å²) < 4.78 is 11.0. The maximum atomic E-state index is 14.4. The Labute approximate surface area is 233 Å². The van der Waals surface area contributed by atoms with Gasteiger partial charge in [-0.05, 0) is 77.9 Å². The van der Waals surface area contributed by atoms with Gasteiger partial charge in [0.05, 0.1) is 20.3 Å². The Balaban J connectivity index is 1.52. The molecule has 206 valence electrons. The van der Waals surface area contributed by atoms with Gasteiger partial charge in [0.1, 0.15) is 11.9 Å². The number of likely N-dealkylation sites (tertiary alicyclic amines) is 1. The van der Waals surface area contributed by atoms with Gasteiger partial charge in [0.25, 0.3) is 0 Å². The number of rotatable bonds is 8. The highest BCUT2D eigenvalue weighted by Crippen LogP contribution is 2.38. The molecule has 2 amide bonds. The molecule has 1 aromatic heterocycles. The van der Waals surface area contributed by atoms with Crippen LogP contribution in [0.1, 0.15) is 43.0 Å². The number of pyridine rings is 1. The van der Waals surface area contributed by atoms with Crippen molar-refractivity contribution in [3.05, 3.63) is 84.1 Å². The fourth-order valence-corrected chi connectivity index (χ4v) is 5.35. The van der Waals surface area contributed by atoms with Crippen molar-refractivity contribution in [2.45, 2.75) is 31.8 Å². The number of nitrogens with zero attached hydrogens (tertiary/aromatic N) is 2. The summed E-state index contributed by atoms with van der Waals surface area (Å²) in [4.78, 5) is 32.1. The van der Waals surface area contributed by atoms with Gasteiger partial charge < -0.3 is 30.7 Å². The van der Waals surface area contributed by atoms with E-state index in [1.54, 1.807) is 26.5 Å². The average molecular weight is 540 g/mol. The molecule has 2 heterocycles. The van der Waals surface area contributed by atoms with E-state index in [1.807, 2.05) is 65.6 Å². The first-order valence-electron chi connectivity index (χ1n) is 13.2. The number of carbonyl (C=O) groups excluding carboxylic acids is 2. The first-order chi connectivity index (χ1) is 19.4. The van der Waals surface area contributed by atoms with Crippen LogP contribution in [0.3, 0.4) is 0 Å². The summed E-state index contributed by atoms with van der Waals surface area (Å²) in [6.45, 7) is 2.11. The summed E-state index contributed by atoms with van der Waals surface area (Å²) in [6, 6.07) is 20.1. The van der Waals surface area contributed by atoms with Crippen molar-refractivity contribution in [2.24, 2.45) is 0 Å². The van der Waals surface area contributed by atoms with Crippen LogP contribution >= 0.6 is 0 Å². The van der Waals surface area contributed by atoms with E-state index in [-0.39, 0.29) is 17.9 Å². The summed E-state index contributed by atoms with van der Waals surface area (Å²) in [5.41, 5.74) is 9.27. The van der Waals surface area contributed by atoms with Gasteiger partial charge in [-0.3, -0.25) is 9.59 Å². The third kappa shape index (κ3) is 5.49. The molecule has 0 bridgehead atoms. The van der Waals surface area contributed by atoms with Crippen LogP contribution in [0.4, 0.5) is 17.2 Å². The first kappa shape index (κ1) is 26.8. The Hall–Kier alpha value is -4.79. The van der Waals surface area contributed by atoms with Crippen LogP contribution in [0.2, 0.25) is 0 Å². The van der Waals surface area contributed by atoms with Gasteiger partial charge in [-0.1, -0.05) is 18.2 Å². The molecule has 0 saturated carbocycles. The van der Waals surface area contributed by atoms with Gasteiger partial charge in [-0.15, -0.1) is 0 Å². The second kappa shape index (κ2) is 11.5. The number of fused-ring (bicyclic) bond motifs is 1. The third-order valence-corrected chi connectivity index (χ3v) is 7.22. The lowest BCUT2D eigenvalue weighted by atomic mass is 10.0. The molecular weight excluding hydrogens is 506 g/mol. The van der Waals surface area contributed by atoms with Crippen molar-refractivity contribution >= 4 is 39.8 Å². The predicted molar refractivity (Wildman–Crippen MR) is 156 cm³/mol. The van der Waals surface area contributed by atoms with Crippen molar-refractivity contribution < 1.29 is 19.1 Å². The molecule has 0 spiro atoms. The maximum absolute atomic E-state index is 14.4. The number of anilines is 3. The highest BCUT2D eigenvalue weighted by molar-refractivity contribution is 5.94. The molecule has 0 radical (unpaired) electrons. The number of nitrogens with one attached hydrogen (secondary N) is 2. The quantitative estimate of drug-likeness (QED) is 0.278. The standard InChI is InChI=1S/C31H33N5O4/c1-19(37)34-23-7-4-6-21(17-23)26-8-5-15-36(26)31(38)29(22-9-12-27(39-2)28(18-22)40-3)35-24-10-11-25-20(16-24)13-14-33-30(25)32/h4,6-7,9-14,16-18,26,29,35H,5,8,15H2,1-3H3,(H2,32,33)(H,34,37). The number of nitrogen functional groups attached to an aromatic ring is 1. The number of methoxy groups -OCH3 is 2. The van der Waals surface area contributed by atoms with E-state index < -0.39 is 6.04 Å². The Morgan fingerprint density at radius 3 is 2.60 bits per heavy atom. The van der Waals surface area contributed by atoms with Gasteiger partial charge in [-0.2, -0.15) is 0 Å². The van der Waals surface area contributed by atoms with Crippen molar-refractivity contribution in [2.75, 3.05) is 37.1 Å². The molecule has 5 rings (SSSR count). The van der Waals surface area contributed by atoms with Crippen LogP contribution in [0, 0.1) is 0 Å². The summed E-state index contributed by atoms with van der Waals surface area (Å²) >= 11 is 0. The highest BCUT2D eigenvalue weighted by Gasteiger charge is 2.35. The maximum Gasteiger partial charge on any atom is 0.250 e. The molecule has 3 aromatic carbocycles. The number of hydrogen-bond acceptors (Lipinski definition) is 7. The molecule has 1 fully saturated rings. The van der Waals surface area contributed by atoms with Gasteiger partial charge in [0.15, 0.2) is 11.5 Å². The molecule has 1 aliphatic heterocycles.